The average molecular weight is 130 g/mol. The van der Waals surface area contributed by atoms with E-state index < -0.39 is 0 Å². The first-order valence-corrected chi connectivity index (χ1v) is 3.61. The van der Waals surface area contributed by atoms with Crippen LogP contribution in [-0.4, -0.2) is 23.7 Å². The number of nitrogens with two attached hydrogens (primary N) is 1. The summed E-state index contributed by atoms with van der Waals surface area (Å²) in [5, 5.41) is 0. The number of hydrogen-bond acceptors (Lipinski definition) is 2. The minimum absolute atomic E-state index is 0.190. The van der Waals surface area contributed by atoms with Gasteiger partial charge >= 0.3 is 0 Å². The Balaban J connectivity index is 3.68. The van der Waals surface area contributed by atoms with Crippen molar-refractivity contribution >= 4 is 0 Å². The lowest BCUT2D eigenvalue weighted by atomic mass is 10.3. The molecule has 0 bridgehead atoms. The van der Waals surface area contributed by atoms with Crippen molar-refractivity contribution in [2.45, 2.75) is 39.9 Å². The normalized spacial score (nSPS) is 15.0. The fraction of sp³-hybridized carbons (Fsp3) is 1.00. The maximum Gasteiger partial charge on any atom is 0.0545 e. The molecule has 0 aliphatic heterocycles. The van der Waals surface area contributed by atoms with Crippen LogP contribution >= 0.6 is 0 Å². The predicted octanol–water partition coefficient (Wildman–Crippen LogP) is 1.02. The van der Waals surface area contributed by atoms with Crippen LogP contribution < -0.4 is 5.73 Å². The van der Waals surface area contributed by atoms with E-state index in [4.69, 9.17) is 5.73 Å². The molecule has 1 atom stereocenters. The Bertz CT molecular complexity index is 61.3. The van der Waals surface area contributed by atoms with Crippen LogP contribution in [0.5, 0.6) is 0 Å². The molecule has 2 N–H and O–H groups in total. The van der Waals surface area contributed by atoms with Gasteiger partial charge in [0.2, 0.25) is 0 Å². The Hall–Kier alpha value is -0.0800. The number of rotatable bonds is 3. The monoisotopic (exact) mass is 130 g/mol. The zero-order valence-corrected chi connectivity index (χ0v) is 6.89. The maximum absolute atomic E-state index is 5.67. The quantitative estimate of drug-likeness (QED) is 0.578. The lowest BCUT2D eigenvalue weighted by Crippen LogP contribution is -2.43. The van der Waals surface area contributed by atoms with Gasteiger partial charge in [-0.2, -0.15) is 0 Å². The summed E-state index contributed by atoms with van der Waals surface area (Å²) in [4.78, 5) is 2.24. The Labute approximate surface area is 58.0 Å². The second kappa shape index (κ2) is 3.85. The van der Waals surface area contributed by atoms with Gasteiger partial charge in [0.05, 0.1) is 6.17 Å². The molecule has 0 aromatic carbocycles. The van der Waals surface area contributed by atoms with Crippen molar-refractivity contribution in [3.63, 3.8) is 0 Å². The fourth-order valence-corrected chi connectivity index (χ4v) is 1.12. The zero-order valence-electron chi connectivity index (χ0n) is 6.89. The van der Waals surface area contributed by atoms with Crippen molar-refractivity contribution in [3.8, 4) is 0 Å². The second-order valence-electron chi connectivity index (χ2n) is 2.66. The van der Waals surface area contributed by atoms with Crippen LogP contribution in [0.2, 0.25) is 0 Å². The van der Waals surface area contributed by atoms with Gasteiger partial charge in [0, 0.05) is 6.04 Å². The van der Waals surface area contributed by atoms with Gasteiger partial charge in [-0.1, -0.05) is 6.92 Å². The maximum atomic E-state index is 5.67. The van der Waals surface area contributed by atoms with Gasteiger partial charge in [0.1, 0.15) is 0 Å². The SMILES string of the molecule is CCN(C(C)C)C(C)N. The van der Waals surface area contributed by atoms with Crippen molar-refractivity contribution in [2.24, 2.45) is 5.73 Å². The molecule has 0 saturated heterocycles. The predicted molar refractivity (Wildman–Crippen MR) is 41.2 cm³/mol. The molecule has 0 rings (SSSR count). The zero-order chi connectivity index (χ0) is 7.44. The summed E-state index contributed by atoms with van der Waals surface area (Å²) in [6.07, 6.45) is 0.190. The van der Waals surface area contributed by atoms with Crippen molar-refractivity contribution < 1.29 is 0 Å². The molecular weight excluding hydrogens is 112 g/mol. The van der Waals surface area contributed by atoms with Gasteiger partial charge in [0.25, 0.3) is 0 Å². The van der Waals surface area contributed by atoms with Crippen LogP contribution in [0.3, 0.4) is 0 Å². The van der Waals surface area contributed by atoms with E-state index in [2.05, 4.69) is 25.7 Å². The minimum Gasteiger partial charge on any atom is -0.316 e. The summed E-state index contributed by atoms with van der Waals surface area (Å²) in [5.74, 6) is 0. The van der Waals surface area contributed by atoms with Gasteiger partial charge in [-0.15, -0.1) is 0 Å². The summed E-state index contributed by atoms with van der Waals surface area (Å²) in [6, 6.07) is 0.565. The van der Waals surface area contributed by atoms with Crippen molar-refractivity contribution in [2.75, 3.05) is 6.54 Å². The van der Waals surface area contributed by atoms with E-state index in [1.165, 1.54) is 0 Å². The molecule has 0 aliphatic rings. The van der Waals surface area contributed by atoms with Crippen LogP contribution in [0.4, 0.5) is 0 Å². The fourth-order valence-electron chi connectivity index (χ4n) is 1.12. The molecule has 0 radical (unpaired) electrons. The third-order valence-corrected chi connectivity index (χ3v) is 1.55. The summed E-state index contributed by atoms with van der Waals surface area (Å²) >= 11 is 0. The Morgan fingerprint density at radius 3 is 1.78 bits per heavy atom. The largest absolute Gasteiger partial charge is 0.316 e. The lowest BCUT2D eigenvalue weighted by molar-refractivity contribution is 0.177. The third kappa shape index (κ3) is 2.82. The molecule has 0 saturated carbocycles. The molecule has 0 fully saturated rings. The lowest BCUT2D eigenvalue weighted by Gasteiger charge is -2.28. The van der Waals surface area contributed by atoms with E-state index in [0.29, 0.717) is 6.04 Å². The number of hydrogen-bond donors (Lipinski definition) is 1. The van der Waals surface area contributed by atoms with Crippen molar-refractivity contribution in [1.82, 2.24) is 4.90 Å². The van der Waals surface area contributed by atoms with E-state index in [1.54, 1.807) is 0 Å². The van der Waals surface area contributed by atoms with Gasteiger partial charge in [-0.3, -0.25) is 4.90 Å². The highest BCUT2D eigenvalue weighted by Crippen LogP contribution is 1.98. The third-order valence-electron chi connectivity index (χ3n) is 1.55. The molecular formula is C7H18N2. The molecule has 2 nitrogen and oxygen atoms in total. The molecule has 56 valence electrons. The molecule has 0 heterocycles. The standard InChI is InChI=1S/C7H18N2/c1-5-9(6(2)3)7(4)8/h6-7H,5,8H2,1-4H3. The van der Waals surface area contributed by atoms with Crippen molar-refractivity contribution in [3.05, 3.63) is 0 Å². The molecule has 0 aromatic rings. The average Bonchev–Trinajstić information content (AvgIpc) is 1.64. The topological polar surface area (TPSA) is 29.3 Å². The first-order chi connectivity index (χ1) is 4.09. The Morgan fingerprint density at radius 2 is 1.78 bits per heavy atom. The Kier molecular flexibility index (Phi) is 3.82. The van der Waals surface area contributed by atoms with E-state index in [9.17, 15) is 0 Å². The highest BCUT2D eigenvalue weighted by Gasteiger charge is 2.09. The van der Waals surface area contributed by atoms with E-state index in [1.807, 2.05) is 6.92 Å². The number of nitrogens with zero attached hydrogens (tertiary/aromatic N) is 1. The highest BCUT2D eigenvalue weighted by molar-refractivity contribution is 4.63. The van der Waals surface area contributed by atoms with Crippen LogP contribution in [0.1, 0.15) is 27.7 Å². The smallest absolute Gasteiger partial charge is 0.0545 e. The van der Waals surface area contributed by atoms with Crippen LogP contribution in [-0.2, 0) is 0 Å². The van der Waals surface area contributed by atoms with Gasteiger partial charge in [-0.25, -0.2) is 0 Å². The van der Waals surface area contributed by atoms with Gasteiger partial charge in [-0.05, 0) is 27.3 Å². The Morgan fingerprint density at radius 1 is 1.33 bits per heavy atom. The molecule has 1 unspecified atom stereocenters. The van der Waals surface area contributed by atoms with Crippen LogP contribution in [0.15, 0.2) is 0 Å². The molecule has 0 aromatic heterocycles. The van der Waals surface area contributed by atoms with E-state index in [0.717, 1.165) is 6.54 Å². The first-order valence-electron chi connectivity index (χ1n) is 3.61. The minimum atomic E-state index is 0.190. The summed E-state index contributed by atoms with van der Waals surface area (Å²) < 4.78 is 0. The first kappa shape index (κ1) is 8.92. The molecule has 0 aliphatic carbocycles. The van der Waals surface area contributed by atoms with Gasteiger partial charge < -0.3 is 5.73 Å². The van der Waals surface area contributed by atoms with Crippen LogP contribution in [0, 0.1) is 0 Å². The summed E-state index contributed by atoms with van der Waals surface area (Å²) in [6.45, 7) is 9.50. The van der Waals surface area contributed by atoms with Crippen molar-refractivity contribution in [1.29, 1.82) is 0 Å². The molecule has 0 amide bonds. The van der Waals surface area contributed by atoms with Gasteiger partial charge in [0.15, 0.2) is 0 Å². The molecule has 2 heteroatoms. The molecule has 9 heavy (non-hydrogen) atoms. The second-order valence-corrected chi connectivity index (χ2v) is 2.66. The van der Waals surface area contributed by atoms with E-state index >= 15 is 0 Å². The van der Waals surface area contributed by atoms with Crippen LogP contribution in [0.25, 0.3) is 0 Å². The van der Waals surface area contributed by atoms with E-state index in [-0.39, 0.29) is 6.17 Å². The highest BCUT2D eigenvalue weighted by atomic mass is 15.2. The molecule has 0 spiro atoms. The summed E-state index contributed by atoms with van der Waals surface area (Å²) in [7, 11) is 0. The summed E-state index contributed by atoms with van der Waals surface area (Å²) in [5.41, 5.74) is 5.67.